The number of hydrogen-bond donors (Lipinski definition) is 1. The van der Waals surface area contributed by atoms with Crippen molar-refractivity contribution in [2.45, 2.75) is 38.3 Å². The van der Waals surface area contributed by atoms with Crippen molar-refractivity contribution in [3.8, 4) is 0 Å². The maximum atomic E-state index is 13.1. The Bertz CT molecular complexity index is 795. The van der Waals surface area contributed by atoms with E-state index < -0.39 is 16.1 Å². The molecule has 1 atom stereocenters. The van der Waals surface area contributed by atoms with E-state index in [1.165, 1.54) is 10.5 Å². The molecule has 0 saturated carbocycles. The number of H-pyrrole nitrogens is 1. The Morgan fingerprint density at radius 2 is 2.17 bits per heavy atom. The molecule has 3 rings (SSSR count). The van der Waals surface area contributed by atoms with E-state index in [0.29, 0.717) is 31.2 Å². The van der Waals surface area contributed by atoms with Gasteiger partial charge in [0.2, 0.25) is 10.0 Å². The number of nitrogens with one attached hydrogen (secondary N) is 1. The number of aromatic nitrogens is 4. The monoisotopic (exact) mass is 339 g/mol. The normalized spacial score (nSPS) is 20.0. The molecule has 1 aliphatic rings. The van der Waals surface area contributed by atoms with Crippen LogP contribution in [0, 0.1) is 13.8 Å². The number of imidazole rings is 1. The van der Waals surface area contributed by atoms with Crippen molar-refractivity contribution in [2.75, 3.05) is 19.8 Å². The van der Waals surface area contributed by atoms with Crippen LogP contribution in [0.15, 0.2) is 17.3 Å². The smallest absolute Gasteiger partial charge is 0.247 e. The molecule has 8 nitrogen and oxygen atoms in total. The number of aromatic amines is 1. The molecule has 0 amide bonds. The van der Waals surface area contributed by atoms with E-state index in [1.54, 1.807) is 17.8 Å². The lowest BCUT2D eigenvalue weighted by Gasteiger charge is -2.33. The molecular formula is C14H21N5O3S. The van der Waals surface area contributed by atoms with Gasteiger partial charge in [-0.15, -0.1) is 0 Å². The average molecular weight is 339 g/mol. The van der Waals surface area contributed by atoms with Gasteiger partial charge in [-0.1, -0.05) is 0 Å². The van der Waals surface area contributed by atoms with Gasteiger partial charge in [-0.3, -0.25) is 4.68 Å². The van der Waals surface area contributed by atoms with E-state index in [9.17, 15) is 8.42 Å². The zero-order valence-electron chi connectivity index (χ0n) is 13.5. The number of hydrogen-bond acceptors (Lipinski definition) is 5. The lowest BCUT2D eigenvalue weighted by molar-refractivity contribution is 0.0292. The second-order valence-electron chi connectivity index (χ2n) is 5.57. The van der Waals surface area contributed by atoms with Crippen LogP contribution in [0.25, 0.3) is 0 Å². The molecule has 0 aromatic carbocycles. The van der Waals surface area contributed by atoms with Crippen LogP contribution in [0.3, 0.4) is 0 Å². The van der Waals surface area contributed by atoms with Crippen LogP contribution in [-0.2, 0) is 21.3 Å². The maximum Gasteiger partial charge on any atom is 0.247 e. The molecule has 0 bridgehead atoms. The Labute approximate surface area is 135 Å². The summed E-state index contributed by atoms with van der Waals surface area (Å²) in [6.07, 6.45) is 3.11. The minimum atomic E-state index is -3.66. The fourth-order valence-corrected chi connectivity index (χ4v) is 4.54. The van der Waals surface area contributed by atoms with Crippen molar-refractivity contribution in [3.05, 3.63) is 29.6 Å². The minimum Gasteiger partial charge on any atom is -0.378 e. The maximum absolute atomic E-state index is 13.1. The highest BCUT2D eigenvalue weighted by molar-refractivity contribution is 7.89. The van der Waals surface area contributed by atoms with E-state index in [1.807, 2.05) is 13.8 Å². The van der Waals surface area contributed by atoms with Crippen LogP contribution in [0.4, 0.5) is 0 Å². The van der Waals surface area contributed by atoms with E-state index in [0.717, 1.165) is 5.69 Å². The highest BCUT2D eigenvalue weighted by Gasteiger charge is 2.38. The van der Waals surface area contributed by atoms with Gasteiger partial charge in [0.1, 0.15) is 16.8 Å². The summed E-state index contributed by atoms with van der Waals surface area (Å²) < 4.78 is 34.8. The molecule has 1 aliphatic heterocycles. The molecule has 23 heavy (non-hydrogen) atoms. The quantitative estimate of drug-likeness (QED) is 0.897. The van der Waals surface area contributed by atoms with Crippen molar-refractivity contribution in [2.24, 2.45) is 0 Å². The second-order valence-corrected chi connectivity index (χ2v) is 7.43. The third-order valence-electron chi connectivity index (χ3n) is 4.06. The Kier molecular flexibility index (Phi) is 4.26. The van der Waals surface area contributed by atoms with Crippen molar-refractivity contribution in [3.63, 3.8) is 0 Å². The molecule has 0 aliphatic carbocycles. The Morgan fingerprint density at radius 3 is 2.78 bits per heavy atom. The number of rotatable bonds is 4. The predicted molar refractivity (Wildman–Crippen MR) is 83.4 cm³/mol. The van der Waals surface area contributed by atoms with Crippen LogP contribution < -0.4 is 0 Å². The first kappa shape index (κ1) is 16.2. The van der Waals surface area contributed by atoms with E-state index in [2.05, 4.69) is 15.1 Å². The molecular weight excluding hydrogens is 318 g/mol. The number of ether oxygens (including phenoxy) is 1. The summed E-state index contributed by atoms with van der Waals surface area (Å²) in [6, 6.07) is -0.452. The zero-order valence-corrected chi connectivity index (χ0v) is 14.3. The first-order chi connectivity index (χ1) is 10.9. The molecule has 1 unspecified atom stereocenters. The predicted octanol–water partition coefficient (Wildman–Crippen LogP) is 1.01. The molecule has 0 spiro atoms. The summed E-state index contributed by atoms with van der Waals surface area (Å²) in [5.74, 6) is 0.603. The summed E-state index contributed by atoms with van der Waals surface area (Å²) in [5, 5.41) is 4.15. The summed E-state index contributed by atoms with van der Waals surface area (Å²) >= 11 is 0. The van der Waals surface area contributed by atoms with Gasteiger partial charge in [0.15, 0.2) is 0 Å². The van der Waals surface area contributed by atoms with Crippen molar-refractivity contribution < 1.29 is 13.2 Å². The molecule has 2 aromatic heterocycles. The SMILES string of the molecule is CCn1ncc(S(=O)(=O)N2CCOCC2c2ncc(C)[nH]2)c1C. The highest BCUT2D eigenvalue weighted by Crippen LogP contribution is 2.30. The van der Waals surface area contributed by atoms with E-state index in [-0.39, 0.29) is 11.5 Å². The van der Waals surface area contributed by atoms with Crippen LogP contribution in [-0.4, -0.2) is 52.2 Å². The highest BCUT2D eigenvalue weighted by atomic mass is 32.2. The molecule has 2 aromatic rings. The number of nitrogens with zero attached hydrogens (tertiary/aromatic N) is 4. The molecule has 1 fully saturated rings. The summed E-state index contributed by atoms with van der Waals surface area (Å²) in [4.78, 5) is 7.64. The lowest BCUT2D eigenvalue weighted by atomic mass is 10.2. The van der Waals surface area contributed by atoms with Gasteiger partial charge in [0, 0.05) is 25.0 Å². The third-order valence-corrected chi connectivity index (χ3v) is 6.07. The fourth-order valence-electron chi connectivity index (χ4n) is 2.82. The first-order valence-corrected chi connectivity index (χ1v) is 9.02. The van der Waals surface area contributed by atoms with Gasteiger partial charge >= 0.3 is 0 Å². The number of aryl methyl sites for hydroxylation is 2. The largest absolute Gasteiger partial charge is 0.378 e. The van der Waals surface area contributed by atoms with Gasteiger partial charge in [-0.25, -0.2) is 13.4 Å². The third kappa shape index (κ3) is 2.79. The Hall–Kier alpha value is -1.71. The van der Waals surface area contributed by atoms with E-state index in [4.69, 9.17) is 4.74 Å². The van der Waals surface area contributed by atoms with Crippen molar-refractivity contribution in [1.29, 1.82) is 0 Å². The molecule has 3 heterocycles. The minimum absolute atomic E-state index is 0.245. The standard InChI is InChI=1S/C14H21N5O3S/c1-4-18-11(3)13(8-16-18)23(20,21)19-5-6-22-9-12(19)14-15-7-10(2)17-14/h7-8,12H,4-6,9H2,1-3H3,(H,15,17). The lowest BCUT2D eigenvalue weighted by Crippen LogP contribution is -2.43. The van der Waals surface area contributed by atoms with Crippen LogP contribution >= 0.6 is 0 Å². The summed E-state index contributed by atoms with van der Waals surface area (Å²) in [6.45, 7) is 7.17. The second kappa shape index (κ2) is 6.06. The summed E-state index contributed by atoms with van der Waals surface area (Å²) in [7, 11) is -3.66. The molecule has 1 saturated heterocycles. The van der Waals surface area contributed by atoms with Crippen LogP contribution in [0.1, 0.15) is 30.2 Å². The Balaban J connectivity index is 2.00. The summed E-state index contributed by atoms with van der Waals surface area (Å²) in [5.41, 5.74) is 1.53. The van der Waals surface area contributed by atoms with E-state index >= 15 is 0 Å². The van der Waals surface area contributed by atoms with Gasteiger partial charge in [0.05, 0.1) is 25.1 Å². The van der Waals surface area contributed by atoms with Crippen molar-refractivity contribution >= 4 is 10.0 Å². The van der Waals surface area contributed by atoms with Crippen molar-refractivity contribution in [1.82, 2.24) is 24.1 Å². The average Bonchev–Trinajstić information content (AvgIpc) is 3.13. The molecule has 126 valence electrons. The topological polar surface area (TPSA) is 93.1 Å². The molecule has 0 radical (unpaired) electrons. The van der Waals surface area contributed by atoms with Gasteiger partial charge in [-0.05, 0) is 20.8 Å². The van der Waals surface area contributed by atoms with Gasteiger partial charge in [0.25, 0.3) is 0 Å². The fraction of sp³-hybridized carbons (Fsp3) is 0.571. The number of morpholine rings is 1. The van der Waals surface area contributed by atoms with Gasteiger partial charge < -0.3 is 9.72 Å². The Morgan fingerprint density at radius 1 is 1.39 bits per heavy atom. The van der Waals surface area contributed by atoms with Crippen LogP contribution in [0.2, 0.25) is 0 Å². The van der Waals surface area contributed by atoms with Gasteiger partial charge in [-0.2, -0.15) is 9.40 Å². The molecule has 1 N–H and O–H groups in total. The number of sulfonamides is 1. The zero-order chi connectivity index (χ0) is 16.6. The van der Waals surface area contributed by atoms with Crippen LogP contribution in [0.5, 0.6) is 0 Å². The first-order valence-electron chi connectivity index (χ1n) is 7.58. The molecule has 9 heteroatoms.